The van der Waals surface area contributed by atoms with E-state index in [0.29, 0.717) is 0 Å². The number of hydrazine groups is 1. The Labute approximate surface area is 105 Å². The lowest BCUT2D eigenvalue weighted by atomic mass is 10.3. The Kier molecular flexibility index (Phi) is 4.30. The summed E-state index contributed by atoms with van der Waals surface area (Å²) in [5.41, 5.74) is 3.96. The van der Waals surface area contributed by atoms with Crippen molar-refractivity contribution < 1.29 is 4.79 Å². The molecule has 4 nitrogen and oxygen atoms in total. The first-order valence-corrected chi connectivity index (χ1v) is 6.63. The van der Waals surface area contributed by atoms with Crippen molar-refractivity contribution in [1.29, 1.82) is 0 Å². The topological polar surface area (TPSA) is 35.6 Å². The molecule has 1 aromatic rings. The maximum Gasteiger partial charge on any atom is 0.258 e. The van der Waals surface area contributed by atoms with E-state index < -0.39 is 0 Å². The zero-order valence-corrected chi connectivity index (χ0v) is 10.7. The molecule has 2 rings (SSSR count). The molecule has 0 aliphatic carbocycles. The Morgan fingerprint density at radius 2 is 2.18 bits per heavy atom. The van der Waals surface area contributed by atoms with Crippen molar-refractivity contribution in [3.05, 3.63) is 28.5 Å². The van der Waals surface area contributed by atoms with E-state index in [1.165, 1.54) is 0 Å². The molecule has 1 aliphatic rings. The minimum Gasteiger partial charge on any atom is -0.304 e. The highest BCUT2D eigenvalue weighted by atomic mass is 32.1. The highest BCUT2D eigenvalue weighted by Gasteiger charge is 2.14. The first-order chi connectivity index (χ1) is 8.24. The summed E-state index contributed by atoms with van der Waals surface area (Å²) >= 11 is 1.63. The molecule has 5 heteroatoms. The fraction of sp³-hybridized carbons (Fsp3) is 0.417. The van der Waals surface area contributed by atoms with Crippen LogP contribution in [0.2, 0.25) is 0 Å². The van der Waals surface area contributed by atoms with Gasteiger partial charge in [-0.2, -0.15) is 11.3 Å². The van der Waals surface area contributed by atoms with Crippen LogP contribution in [0.3, 0.4) is 0 Å². The number of piperazine rings is 1. The molecule has 92 valence electrons. The summed E-state index contributed by atoms with van der Waals surface area (Å²) in [6, 6.07) is 1.99. The van der Waals surface area contributed by atoms with Crippen LogP contribution in [0.5, 0.6) is 0 Å². The van der Waals surface area contributed by atoms with Gasteiger partial charge in [0, 0.05) is 32.3 Å². The number of hydrogen-bond donors (Lipinski definition) is 1. The van der Waals surface area contributed by atoms with Crippen molar-refractivity contribution in [3.8, 4) is 0 Å². The van der Waals surface area contributed by atoms with Crippen molar-refractivity contribution >= 4 is 23.3 Å². The van der Waals surface area contributed by atoms with E-state index in [9.17, 15) is 4.79 Å². The molecule has 0 atom stereocenters. The largest absolute Gasteiger partial charge is 0.304 e. The van der Waals surface area contributed by atoms with Crippen LogP contribution in [-0.4, -0.2) is 49.0 Å². The van der Waals surface area contributed by atoms with Crippen LogP contribution in [0.4, 0.5) is 0 Å². The Morgan fingerprint density at radius 1 is 1.41 bits per heavy atom. The summed E-state index contributed by atoms with van der Waals surface area (Å²) in [7, 11) is 2.09. The molecule has 0 radical (unpaired) electrons. The molecule has 0 bridgehead atoms. The summed E-state index contributed by atoms with van der Waals surface area (Å²) in [6.45, 7) is 3.76. The Bertz CT molecular complexity index is 380. The number of hydrogen-bond acceptors (Lipinski definition) is 4. The van der Waals surface area contributed by atoms with E-state index in [2.05, 4.69) is 17.4 Å². The van der Waals surface area contributed by atoms with Gasteiger partial charge in [0.15, 0.2) is 0 Å². The standard InChI is InChI=1S/C12H17N3OS/c1-14-5-7-15(8-6-14)13-12(16)3-2-11-4-9-17-10-11/h2-4,9-10H,5-8H2,1H3,(H,13,16)/b3-2+. The quantitative estimate of drug-likeness (QED) is 0.815. The van der Waals surface area contributed by atoms with Crippen LogP contribution < -0.4 is 5.43 Å². The highest BCUT2D eigenvalue weighted by Crippen LogP contribution is 2.07. The number of nitrogens with zero attached hydrogens (tertiary/aromatic N) is 2. The summed E-state index contributed by atoms with van der Waals surface area (Å²) in [5, 5.41) is 5.98. The van der Waals surface area contributed by atoms with Crippen molar-refractivity contribution in [3.63, 3.8) is 0 Å². The predicted molar refractivity (Wildman–Crippen MR) is 70.6 cm³/mol. The van der Waals surface area contributed by atoms with Gasteiger partial charge in [-0.05, 0) is 35.5 Å². The summed E-state index contributed by atoms with van der Waals surface area (Å²) in [4.78, 5) is 13.9. The molecule has 0 unspecified atom stereocenters. The summed E-state index contributed by atoms with van der Waals surface area (Å²) in [5.74, 6) is -0.0549. The number of rotatable bonds is 3. The molecule has 1 aliphatic heterocycles. The van der Waals surface area contributed by atoms with E-state index in [-0.39, 0.29) is 5.91 Å². The molecular weight excluding hydrogens is 234 g/mol. The number of nitrogens with one attached hydrogen (secondary N) is 1. The third-order valence-electron chi connectivity index (χ3n) is 2.74. The second-order valence-corrected chi connectivity index (χ2v) is 4.94. The van der Waals surface area contributed by atoms with E-state index in [1.54, 1.807) is 17.4 Å². The van der Waals surface area contributed by atoms with Gasteiger partial charge in [0.05, 0.1) is 0 Å². The molecular formula is C12H17N3OS. The molecule has 1 amide bonds. The molecule has 0 aromatic carbocycles. The molecule has 0 saturated carbocycles. The number of carbonyl (C=O) groups is 1. The lowest BCUT2D eigenvalue weighted by Crippen LogP contribution is -2.52. The third kappa shape index (κ3) is 3.96. The van der Waals surface area contributed by atoms with Crippen LogP contribution in [-0.2, 0) is 4.79 Å². The number of amides is 1. The van der Waals surface area contributed by atoms with E-state index >= 15 is 0 Å². The Balaban J connectivity index is 1.77. The van der Waals surface area contributed by atoms with Gasteiger partial charge in [0.25, 0.3) is 5.91 Å². The molecule has 17 heavy (non-hydrogen) atoms. The van der Waals surface area contributed by atoms with Crippen LogP contribution in [0.25, 0.3) is 6.08 Å². The minimum absolute atomic E-state index is 0.0549. The first-order valence-electron chi connectivity index (χ1n) is 5.68. The fourth-order valence-electron chi connectivity index (χ4n) is 1.65. The van der Waals surface area contributed by atoms with Gasteiger partial charge in [-0.1, -0.05) is 0 Å². The summed E-state index contributed by atoms with van der Waals surface area (Å²) < 4.78 is 0. The second kappa shape index (κ2) is 5.95. The number of carbonyl (C=O) groups excluding carboxylic acids is 1. The van der Waals surface area contributed by atoms with Crippen LogP contribution >= 0.6 is 11.3 Å². The number of likely N-dealkylation sites (N-methyl/N-ethyl adjacent to an activating group) is 1. The smallest absolute Gasteiger partial charge is 0.258 e. The molecule has 1 fully saturated rings. The van der Waals surface area contributed by atoms with Gasteiger partial charge >= 0.3 is 0 Å². The highest BCUT2D eigenvalue weighted by molar-refractivity contribution is 7.08. The van der Waals surface area contributed by atoms with Crippen LogP contribution in [0, 0.1) is 0 Å². The van der Waals surface area contributed by atoms with Crippen molar-refractivity contribution in [1.82, 2.24) is 15.3 Å². The maximum absolute atomic E-state index is 11.6. The maximum atomic E-state index is 11.6. The molecule has 0 spiro atoms. The van der Waals surface area contributed by atoms with Crippen molar-refractivity contribution in [2.24, 2.45) is 0 Å². The van der Waals surface area contributed by atoms with Gasteiger partial charge < -0.3 is 4.90 Å². The normalized spacial score (nSPS) is 18.6. The zero-order chi connectivity index (χ0) is 12.1. The van der Waals surface area contributed by atoms with Gasteiger partial charge in [0.2, 0.25) is 0 Å². The summed E-state index contributed by atoms with van der Waals surface area (Å²) in [6.07, 6.45) is 3.42. The molecule has 1 N–H and O–H groups in total. The Morgan fingerprint density at radius 3 is 2.82 bits per heavy atom. The predicted octanol–water partition coefficient (Wildman–Crippen LogP) is 1.04. The van der Waals surface area contributed by atoms with E-state index in [1.807, 2.05) is 27.9 Å². The molecule has 1 saturated heterocycles. The molecule has 2 heterocycles. The first kappa shape index (κ1) is 12.3. The van der Waals surface area contributed by atoms with Crippen molar-refractivity contribution in [2.45, 2.75) is 0 Å². The van der Waals surface area contributed by atoms with Crippen molar-refractivity contribution in [2.75, 3.05) is 33.2 Å². The lowest BCUT2D eigenvalue weighted by Gasteiger charge is -2.31. The van der Waals surface area contributed by atoms with E-state index in [0.717, 1.165) is 31.7 Å². The van der Waals surface area contributed by atoms with Gasteiger partial charge in [-0.25, -0.2) is 5.01 Å². The van der Waals surface area contributed by atoms with Crippen LogP contribution in [0.1, 0.15) is 5.56 Å². The Hall–Kier alpha value is -1.17. The minimum atomic E-state index is -0.0549. The monoisotopic (exact) mass is 251 g/mol. The van der Waals surface area contributed by atoms with Crippen LogP contribution in [0.15, 0.2) is 22.9 Å². The van der Waals surface area contributed by atoms with Gasteiger partial charge in [-0.3, -0.25) is 10.2 Å². The molecule has 1 aromatic heterocycles. The van der Waals surface area contributed by atoms with E-state index in [4.69, 9.17) is 0 Å². The average molecular weight is 251 g/mol. The number of thiophene rings is 1. The lowest BCUT2D eigenvalue weighted by molar-refractivity contribution is -0.121. The zero-order valence-electron chi connectivity index (χ0n) is 9.93. The third-order valence-corrected chi connectivity index (χ3v) is 3.44. The van der Waals surface area contributed by atoms with Gasteiger partial charge in [-0.15, -0.1) is 0 Å². The average Bonchev–Trinajstić information content (AvgIpc) is 2.83. The fourth-order valence-corrected chi connectivity index (χ4v) is 2.28. The van der Waals surface area contributed by atoms with Gasteiger partial charge in [0.1, 0.15) is 0 Å². The second-order valence-electron chi connectivity index (χ2n) is 4.16. The SMILES string of the molecule is CN1CCN(NC(=O)/C=C/c2ccsc2)CC1.